The topological polar surface area (TPSA) is 28.2 Å². The maximum absolute atomic E-state index is 4.62. The van der Waals surface area contributed by atoms with E-state index in [2.05, 4.69) is 48.1 Å². The normalized spacial score (nSPS) is 16.4. The van der Waals surface area contributed by atoms with Crippen molar-refractivity contribution in [3.63, 3.8) is 0 Å². The lowest BCUT2D eigenvalue weighted by Gasteiger charge is -2.25. The molecule has 0 radical (unpaired) electrons. The summed E-state index contributed by atoms with van der Waals surface area (Å²) in [7, 11) is 0. The lowest BCUT2D eigenvalue weighted by Crippen LogP contribution is -2.28. The zero-order chi connectivity index (χ0) is 13.7. The van der Waals surface area contributed by atoms with E-state index in [4.69, 9.17) is 0 Å². The van der Waals surface area contributed by atoms with E-state index in [1.54, 1.807) is 0 Å². The van der Waals surface area contributed by atoms with Crippen molar-refractivity contribution in [2.75, 3.05) is 18.0 Å². The van der Waals surface area contributed by atoms with Gasteiger partial charge in [-0.1, -0.05) is 26.3 Å². The second-order valence-electron chi connectivity index (χ2n) is 5.73. The molecule has 0 spiro atoms. The largest absolute Gasteiger partial charge is 0.357 e. The molecule has 1 atom stereocenters. The van der Waals surface area contributed by atoms with Gasteiger partial charge < -0.3 is 10.2 Å². The Hall–Kier alpha value is -1.09. The molecule has 1 heterocycles. The van der Waals surface area contributed by atoms with Crippen molar-refractivity contribution < 1.29 is 0 Å². The molecule has 106 valence electrons. The van der Waals surface area contributed by atoms with E-state index < -0.39 is 0 Å². The molecule has 19 heavy (non-hydrogen) atoms. The van der Waals surface area contributed by atoms with E-state index in [0.717, 1.165) is 37.4 Å². The molecule has 1 aromatic heterocycles. The van der Waals surface area contributed by atoms with Crippen molar-refractivity contribution in [3.05, 3.63) is 23.9 Å². The van der Waals surface area contributed by atoms with E-state index in [1.807, 2.05) is 6.20 Å². The molecule has 3 nitrogen and oxygen atoms in total. The van der Waals surface area contributed by atoms with Gasteiger partial charge in [0.15, 0.2) is 0 Å². The highest BCUT2D eigenvalue weighted by atomic mass is 15.2. The molecular formula is C16H27N3. The molecule has 1 aromatic rings. The first kappa shape index (κ1) is 14.3. The molecule has 2 rings (SSSR count). The van der Waals surface area contributed by atoms with Gasteiger partial charge in [-0.15, -0.1) is 0 Å². The molecule has 1 saturated carbocycles. The standard InChI is InChI=1S/C16H27N3/c1-4-13(3)12-19(5-2)16-9-6-14(11-18-16)10-17-15-7-8-15/h6,9,11,13,15,17H,4-5,7-8,10,12H2,1-3H3. The van der Waals surface area contributed by atoms with Gasteiger partial charge in [-0.3, -0.25) is 0 Å². The fourth-order valence-electron chi connectivity index (χ4n) is 2.15. The highest BCUT2D eigenvalue weighted by Crippen LogP contribution is 2.19. The number of hydrogen-bond donors (Lipinski definition) is 1. The Labute approximate surface area is 117 Å². The highest BCUT2D eigenvalue weighted by molar-refractivity contribution is 5.39. The zero-order valence-electron chi connectivity index (χ0n) is 12.5. The third-order valence-corrected chi connectivity index (χ3v) is 3.92. The van der Waals surface area contributed by atoms with Crippen molar-refractivity contribution in [2.45, 2.75) is 52.6 Å². The van der Waals surface area contributed by atoms with Crippen LogP contribution in [0.15, 0.2) is 18.3 Å². The Bertz CT molecular complexity index is 370. The zero-order valence-corrected chi connectivity index (χ0v) is 12.5. The van der Waals surface area contributed by atoms with Crippen LogP contribution < -0.4 is 10.2 Å². The SMILES string of the molecule is CCC(C)CN(CC)c1ccc(CNC2CC2)cn1. The quantitative estimate of drug-likeness (QED) is 0.779. The smallest absolute Gasteiger partial charge is 0.128 e. The van der Waals surface area contributed by atoms with Crippen LogP contribution >= 0.6 is 0 Å². The Morgan fingerprint density at radius 1 is 1.37 bits per heavy atom. The minimum atomic E-state index is 0.720. The second-order valence-corrected chi connectivity index (χ2v) is 5.73. The van der Waals surface area contributed by atoms with Crippen LogP contribution in [-0.4, -0.2) is 24.1 Å². The van der Waals surface area contributed by atoms with Gasteiger partial charge in [0, 0.05) is 31.9 Å². The maximum Gasteiger partial charge on any atom is 0.128 e. The Kier molecular flexibility index (Phi) is 5.20. The average molecular weight is 261 g/mol. The van der Waals surface area contributed by atoms with Crippen molar-refractivity contribution in [3.8, 4) is 0 Å². The van der Waals surface area contributed by atoms with E-state index in [9.17, 15) is 0 Å². The van der Waals surface area contributed by atoms with Crippen LogP contribution in [0.2, 0.25) is 0 Å². The monoisotopic (exact) mass is 261 g/mol. The maximum atomic E-state index is 4.62. The van der Waals surface area contributed by atoms with Crippen LogP contribution in [0.3, 0.4) is 0 Å². The van der Waals surface area contributed by atoms with E-state index in [1.165, 1.54) is 24.8 Å². The summed E-state index contributed by atoms with van der Waals surface area (Å²) in [5, 5.41) is 3.52. The van der Waals surface area contributed by atoms with Gasteiger partial charge in [-0.25, -0.2) is 4.98 Å². The molecule has 0 aromatic carbocycles. The molecular weight excluding hydrogens is 234 g/mol. The number of nitrogens with one attached hydrogen (secondary N) is 1. The van der Waals surface area contributed by atoms with Gasteiger partial charge in [0.1, 0.15) is 5.82 Å². The summed E-state index contributed by atoms with van der Waals surface area (Å²) in [5.74, 6) is 1.83. The summed E-state index contributed by atoms with van der Waals surface area (Å²) < 4.78 is 0. The third-order valence-electron chi connectivity index (χ3n) is 3.92. The first-order valence-corrected chi connectivity index (χ1v) is 7.66. The summed E-state index contributed by atoms with van der Waals surface area (Å²) in [6.45, 7) is 9.83. The van der Waals surface area contributed by atoms with Crippen LogP contribution in [0.4, 0.5) is 5.82 Å². The number of nitrogens with zero attached hydrogens (tertiary/aromatic N) is 2. The van der Waals surface area contributed by atoms with Gasteiger partial charge in [0.2, 0.25) is 0 Å². The predicted molar refractivity (Wildman–Crippen MR) is 81.4 cm³/mol. The Morgan fingerprint density at radius 2 is 2.16 bits per heavy atom. The molecule has 0 bridgehead atoms. The summed E-state index contributed by atoms with van der Waals surface area (Å²) >= 11 is 0. The van der Waals surface area contributed by atoms with Crippen molar-refractivity contribution in [1.29, 1.82) is 0 Å². The predicted octanol–water partition coefficient (Wildman–Crippen LogP) is 3.21. The van der Waals surface area contributed by atoms with Gasteiger partial charge in [0.25, 0.3) is 0 Å². The van der Waals surface area contributed by atoms with Gasteiger partial charge >= 0.3 is 0 Å². The number of pyridine rings is 1. The van der Waals surface area contributed by atoms with Crippen LogP contribution in [0.1, 0.15) is 45.6 Å². The van der Waals surface area contributed by atoms with Gasteiger partial charge in [-0.05, 0) is 37.3 Å². The number of hydrogen-bond acceptors (Lipinski definition) is 3. The minimum Gasteiger partial charge on any atom is -0.357 e. The molecule has 0 amide bonds. The van der Waals surface area contributed by atoms with Crippen molar-refractivity contribution in [1.82, 2.24) is 10.3 Å². The van der Waals surface area contributed by atoms with Crippen LogP contribution in [0.5, 0.6) is 0 Å². The van der Waals surface area contributed by atoms with E-state index in [-0.39, 0.29) is 0 Å². The van der Waals surface area contributed by atoms with Gasteiger partial charge in [0.05, 0.1) is 0 Å². The second kappa shape index (κ2) is 6.90. The van der Waals surface area contributed by atoms with E-state index in [0.29, 0.717) is 0 Å². The third kappa shape index (κ3) is 4.50. The van der Waals surface area contributed by atoms with E-state index >= 15 is 0 Å². The fourth-order valence-corrected chi connectivity index (χ4v) is 2.15. The fraction of sp³-hybridized carbons (Fsp3) is 0.688. The summed E-state index contributed by atoms with van der Waals surface area (Å²) in [6.07, 6.45) is 5.91. The first-order chi connectivity index (χ1) is 9.22. The number of aromatic nitrogens is 1. The summed E-state index contributed by atoms with van der Waals surface area (Å²) in [4.78, 5) is 6.99. The van der Waals surface area contributed by atoms with Crippen LogP contribution in [0.25, 0.3) is 0 Å². The minimum absolute atomic E-state index is 0.720. The average Bonchev–Trinajstić information content (AvgIpc) is 3.27. The molecule has 1 fully saturated rings. The molecule has 1 unspecified atom stereocenters. The molecule has 3 heteroatoms. The van der Waals surface area contributed by atoms with Gasteiger partial charge in [-0.2, -0.15) is 0 Å². The molecule has 1 aliphatic rings. The highest BCUT2D eigenvalue weighted by Gasteiger charge is 2.19. The molecule has 1 aliphatic carbocycles. The lowest BCUT2D eigenvalue weighted by atomic mass is 10.1. The van der Waals surface area contributed by atoms with Crippen LogP contribution in [0, 0.1) is 5.92 Å². The van der Waals surface area contributed by atoms with Crippen LogP contribution in [-0.2, 0) is 6.54 Å². The molecule has 0 saturated heterocycles. The van der Waals surface area contributed by atoms with Crippen molar-refractivity contribution >= 4 is 5.82 Å². The summed E-state index contributed by atoms with van der Waals surface area (Å²) in [5.41, 5.74) is 1.29. The molecule has 1 N–H and O–H groups in total. The Balaban J connectivity index is 1.90. The molecule has 0 aliphatic heterocycles. The number of rotatable bonds is 8. The van der Waals surface area contributed by atoms with Crippen molar-refractivity contribution in [2.24, 2.45) is 5.92 Å². The lowest BCUT2D eigenvalue weighted by molar-refractivity contribution is 0.545. The Morgan fingerprint density at radius 3 is 2.68 bits per heavy atom. The summed E-state index contributed by atoms with van der Waals surface area (Å²) in [6, 6.07) is 5.13. The number of anilines is 1. The first-order valence-electron chi connectivity index (χ1n) is 7.66.